The molecule has 4 rings (SSSR count). The smallest absolute Gasteiger partial charge is 0.272 e. The van der Waals surface area contributed by atoms with Crippen LogP contribution in [-0.2, 0) is 0 Å². The molecular weight excluding hydrogens is 378 g/mol. The number of aromatic nitrogens is 2. The maximum absolute atomic E-state index is 13.1. The Kier molecular flexibility index (Phi) is 5.06. The lowest BCUT2D eigenvalue weighted by Gasteiger charge is -2.32. The van der Waals surface area contributed by atoms with Crippen molar-refractivity contribution in [2.45, 2.75) is 24.7 Å². The van der Waals surface area contributed by atoms with Crippen LogP contribution in [0.25, 0.3) is 4.96 Å². The van der Waals surface area contributed by atoms with E-state index in [0.717, 1.165) is 34.0 Å². The second-order valence-electron chi connectivity index (χ2n) is 6.78. The molecule has 0 aliphatic carbocycles. The predicted octanol–water partition coefficient (Wildman–Crippen LogP) is 4.16. The van der Waals surface area contributed by atoms with Gasteiger partial charge in [0.1, 0.15) is 5.69 Å². The molecule has 7 heteroatoms. The number of nitrogens with zero attached hydrogens (tertiary/aromatic N) is 3. The maximum Gasteiger partial charge on any atom is 0.272 e. The van der Waals surface area contributed by atoms with Crippen molar-refractivity contribution in [2.75, 3.05) is 19.3 Å². The zero-order valence-corrected chi connectivity index (χ0v) is 17.0. The number of amides is 1. The average Bonchev–Trinajstić information content (AvgIpc) is 3.27. The molecule has 3 heterocycles. The molecule has 0 spiro atoms. The van der Waals surface area contributed by atoms with Crippen LogP contribution in [0.4, 0.5) is 0 Å². The maximum atomic E-state index is 13.1. The van der Waals surface area contributed by atoms with Crippen LogP contribution in [0.2, 0.25) is 0 Å². The Labute approximate surface area is 166 Å². The number of hydrogen-bond donors (Lipinski definition) is 0. The molecule has 0 radical (unpaired) electrons. The fourth-order valence-corrected chi connectivity index (χ4v) is 4.84. The molecule has 1 fully saturated rings. The van der Waals surface area contributed by atoms with Crippen LogP contribution < -0.4 is 0 Å². The van der Waals surface area contributed by atoms with Crippen LogP contribution in [0.1, 0.15) is 39.4 Å². The minimum atomic E-state index is -0.144. The zero-order chi connectivity index (χ0) is 19.0. The lowest BCUT2D eigenvalue weighted by molar-refractivity contribution is 0.0630. The van der Waals surface area contributed by atoms with E-state index in [4.69, 9.17) is 0 Å². The van der Waals surface area contributed by atoms with Crippen LogP contribution in [0, 0.1) is 12.8 Å². The van der Waals surface area contributed by atoms with Crippen molar-refractivity contribution >= 4 is 39.7 Å². The van der Waals surface area contributed by atoms with Crippen molar-refractivity contribution in [3.63, 3.8) is 0 Å². The van der Waals surface area contributed by atoms with Crippen LogP contribution in [0.15, 0.2) is 40.7 Å². The summed E-state index contributed by atoms with van der Waals surface area (Å²) in [5.74, 6) is -0.0477. The Morgan fingerprint density at radius 1 is 1.26 bits per heavy atom. The van der Waals surface area contributed by atoms with E-state index in [-0.39, 0.29) is 17.6 Å². The average molecular weight is 400 g/mol. The van der Waals surface area contributed by atoms with Gasteiger partial charge in [-0.2, -0.15) is 0 Å². The first-order valence-corrected chi connectivity index (χ1v) is 11.1. The molecule has 2 aromatic heterocycles. The SMILES string of the molecule is CSc1ccc(C(=O)C2CCCN(C(=O)c3c(C)nc4sccn34)C2)cc1. The molecule has 1 aliphatic heterocycles. The van der Waals surface area contributed by atoms with Crippen molar-refractivity contribution in [3.05, 3.63) is 52.8 Å². The number of benzene rings is 1. The molecule has 1 atom stereocenters. The van der Waals surface area contributed by atoms with E-state index in [1.165, 1.54) is 11.3 Å². The van der Waals surface area contributed by atoms with Crippen LogP contribution >= 0.6 is 23.1 Å². The Bertz CT molecular complexity index is 990. The predicted molar refractivity (Wildman–Crippen MR) is 109 cm³/mol. The van der Waals surface area contributed by atoms with E-state index in [1.807, 2.05) is 58.3 Å². The molecule has 1 amide bonds. The fourth-order valence-electron chi connectivity index (χ4n) is 3.67. The first-order valence-electron chi connectivity index (χ1n) is 8.98. The zero-order valence-electron chi connectivity index (χ0n) is 15.3. The summed E-state index contributed by atoms with van der Waals surface area (Å²) in [6.45, 7) is 3.02. The Hall–Kier alpha value is -2.12. The number of thiazole rings is 1. The molecule has 1 unspecified atom stereocenters. The van der Waals surface area contributed by atoms with Crippen molar-refractivity contribution in [1.29, 1.82) is 0 Å². The lowest BCUT2D eigenvalue weighted by Crippen LogP contribution is -2.43. The highest BCUT2D eigenvalue weighted by Crippen LogP contribution is 2.25. The summed E-state index contributed by atoms with van der Waals surface area (Å²) in [5.41, 5.74) is 2.09. The summed E-state index contributed by atoms with van der Waals surface area (Å²) in [7, 11) is 0. The minimum Gasteiger partial charge on any atom is -0.337 e. The fraction of sp³-hybridized carbons (Fsp3) is 0.350. The second kappa shape index (κ2) is 7.48. The quantitative estimate of drug-likeness (QED) is 0.488. The van der Waals surface area contributed by atoms with E-state index in [2.05, 4.69) is 4.98 Å². The van der Waals surface area contributed by atoms with Gasteiger partial charge in [0, 0.05) is 41.0 Å². The number of aryl methyl sites for hydroxylation is 1. The minimum absolute atomic E-state index is 0.0337. The van der Waals surface area contributed by atoms with E-state index < -0.39 is 0 Å². The van der Waals surface area contributed by atoms with Crippen molar-refractivity contribution in [1.82, 2.24) is 14.3 Å². The van der Waals surface area contributed by atoms with Crippen molar-refractivity contribution < 1.29 is 9.59 Å². The molecule has 140 valence electrons. The van der Waals surface area contributed by atoms with Crippen molar-refractivity contribution in [3.8, 4) is 0 Å². The topological polar surface area (TPSA) is 54.7 Å². The van der Waals surface area contributed by atoms with Crippen LogP contribution in [0.5, 0.6) is 0 Å². The van der Waals surface area contributed by atoms with E-state index in [1.54, 1.807) is 11.8 Å². The third-order valence-corrected chi connectivity index (χ3v) is 6.59. The second-order valence-corrected chi connectivity index (χ2v) is 8.54. The molecular formula is C20H21N3O2S2. The van der Waals surface area contributed by atoms with Gasteiger partial charge in [-0.25, -0.2) is 4.98 Å². The Balaban J connectivity index is 1.53. The third kappa shape index (κ3) is 3.41. The van der Waals surface area contributed by atoms with Gasteiger partial charge in [-0.1, -0.05) is 12.1 Å². The van der Waals surface area contributed by atoms with Gasteiger partial charge in [0.05, 0.1) is 5.69 Å². The molecule has 0 saturated carbocycles. The number of piperidine rings is 1. The molecule has 27 heavy (non-hydrogen) atoms. The number of likely N-dealkylation sites (tertiary alicyclic amines) is 1. The molecule has 0 N–H and O–H groups in total. The molecule has 1 saturated heterocycles. The summed E-state index contributed by atoms with van der Waals surface area (Å²) in [6, 6.07) is 7.75. The van der Waals surface area contributed by atoms with Gasteiger partial charge < -0.3 is 4.90 Å². The molecule has 1 aliphatic rings. The summed E-state index contributed by atoms with van der Waals surface area (Å²) in [4.78, 5) is 34.3. The number of imidazole rings is 1. The number of carbonyl (C=O) groups is 2. The highest BCUT2D eigenvalue weighted by Gasteiger charge is 2.31. The summed E-state index contributed by atoms with van der Waals surface area (Å²) in [5, 5.41) is 1.93. The van der Waals surface area contributed by atoms with Gasteiger partial charge in [-0.05, 0) is 38.2 Å². The van der Waals surface area contributed by atoms with Gasteiger partial charge >= 0.3 is 0 Å². The number of carbonyl (C=O) groups excluding carboxylic acids is 2. The number of thioether (sulfide) groups is 1. The number of hydrogen-bond acceptors (Lipinski definition) is 5. The molecule has 1 aromatic carbocycles. The first kappa shape index (κ1) is 18.3. The normalized spacial score (nSPS) is 17.4. The van der Waals surface area contributed by atoms with E-state index in [0.29, 0.717) is 18.8 Å². The van der Waals surface area contributed by atoms with Gasteiger partial charge in [0.25, 0.3) is 5.91 Å². The Morgan fingerprint density at radius 2 is 2.04 bits per heavy atom. The van der Waals surface area contributed by atoms with Gasteiger partial charge in [-0.3, -0.25) is 14.0 Å². The Morgan fingerprint density at radius 3 is 2.78 bits per heavy atom. The first-order chi connectivity index (χ1) is 13.1. The largest absolute Gasteiger partial charge is 0.337 e. The van der Waals surface area contributed by atoms with Gasteiger partial charge in [0.2, 0.25) is 0 Å². The third-order valence-electron chi connectivity index (χ3n) is 5.09. The highest BCUT2D eigenvalue weighted by molar-refractivity contribution is 7.98. The summed E-state index contributed by atoms with van der Waals surface area (Å²) in [6.07, 6.45) is 5.57. The lowest BCUT2D eigenvalue weighted by atomic mass is 9.90. The van der Waals surface area contributed by atoms with Gasteiger partial charge in [-0.15, -0.1) is 23.1 Å². The van der Waals surface area contributed by atoms with E-state index in [9.17, 15) is 9.59 Å². The van der Waals surface area contributed by atoms with Crippen LogP contribution in [-0.4, -0.2) is 45.3 Å². The molecule has 5 nitrogen and oxygen atoms in total. The molecule has 3 aromatic rings. The monoisotopic (exact) mass is 399 g/mol. The number of ketones is 1. The summed E-state index contributed by atoms with van der Waals surface area (Å²) >= 11 is 3.18. The van der Waals surface area contributed by atoms with E-state index >= 15 is 0 Å². The van der Waals surface area contributed by atoms with Gasteiger partial charge in [0.15, 0.2) is 10.7 Å². The summed E-state index contributed by atoms with van der Waals surface area (Å²) < 4.78 is 1.86. The number of Topliss-reactive ketones (excluding diaryl/α,β-unsaturated/α-hetero) is 1. The van der Waals surface area contributed by atoms with Crippen LogP contribution in [0.3, 0.4) is 0 Å². The van der Waals surface area contributed by atoms with Crippen molar-refractivity contribution in [2.24, 2.45) is 5.92 Å². The number of rotatable bonds is 4. The standard InChI is InChI=1S/C20H21N3O2S2/c1-13-17(23-10-11-27-20(23)21-13)19(25)22-9-3-4-15(12-22)18(24)14-5-7-16(26-2)8-6-14/h5-8,10-11,15H,3-4,9,12H2,1-2H3. The molecule has 0 bridgehead atoms. The highest BCUT2D eigenvalue weighted by atomic mass is 32.2. The number of fused-ring (bicyclic) bond motifs is 1.